The highest BCUT2D eigenvalue weighted by atomic mass is 19.1. The van der Waals surface area contributed by atoms with Gasteiger partial charge in [0.15, 0.2) is 35.4 Å². The van der Waals surface area contributed by atoms with E-state index in [1.165, 1.54) is 24.7 Å². The van der Waals surface area contributed by atoms with Crippen molar-refractivity contribution in [2.24, 2.45) is 0 Å². The lowest BCUT2D eigenvalue weighted by Crippen LogP contribution is -2.38. The van der Waals surface area contributed by atoms with E-state index < -0.39 is 42.6 Å². The minimum atomic E-state index is -1.03. The predicted molar refractivity (Wildman–Crippen MR) is 80.4 cm³/mol. The summed E-state index contributed by atoms with van der Waals surface area (Å²) in [7, 11) is 0. The first-order valence-electron chi connectivity index (χ1n) is 7.43. The summed E-state index contributed by atoms with van der Waals surface area (Å²) in [4.78, 5) is 34.0. The van der Waals surface area contributed by atoms with Crippen LogP contribution in [0.2, 0.25) is 0 Å². The minimum absolute atomic E-state index is 0.0721. The van der Waals surface area contributed by atoms with E-state index in [4.69, 9.17) is 19.9 Å². The van der Waals surface area contributed by atoms with Crippen molar-refractivity contribution in [1.82, 2.24) is 19.5 Å². The Balaban J connectivity index is 2.05. The number of nitrogen functional groups attached to an aromatic ring is 1. The van der Waals surface area contributed by atoms with Gasteiger partial charge in [0.25, 0.3) is 0 Å². The van der Waals surface area contributed by atoms with E-state index in [1.54, 1.807) is 6.92 Å². The first-order chi connectivity index (χ1) is 11.8. The molecule has 10 nitrogen and oxygen atoms in total. The topological polar surface area (TPSA) is 131 Å². The van der Waals surface area contributed by atoms with Crippen molar-refractivity contribution in [3.05, 3.63) is 12.4 Å². The highest BCUT2D eigenvalue weighted by molar-refractivity contribution is 5.81. The molecule has 134 valence electrons. The summed E-state index contributed by atoms with van der Waals surface area (Å²) in [6.45, 7) is 4.12. The average molecular weight is 353 g/mol. The maximum atomic E-state index is 13.5. The lowest BCUT2D eigenvalue weighted by molar-refractivity contribution is -0.165. The Bertz CT molecular complexity index is 840. The fourth-order valence-corrected chi connectivity index (χ4v) is 2.80. The number of carbonyl (C=O) groups excluding carboxylic acids is 2. The third-order valence-electron chi connectivity index (χ3n) is 3.72. The Labute approximate surface area is 141 Å². The van der Waals surface area contributed by atoms with Gasteiger partial charge in [0.1, 0.15) is 0 Å². The molecule has 4 atom stereocenters. The van der Waals surface area contributed by atoms with Crippen LogP contribution in [0.4, 0.5) is 10.2 Å². The molecule has 1 unspecified atom stereocenters. The van der Waals surface area contributed by atoms with Gasteiger partial charge in [-0.15, -0.1) is 0 Å². The molecule has 0 saturated carbocycles. The fraction of sp³-hybridized carbons (Fsp3) is 0.500. The molecular formula is C14H16FN5O5. The van der Waals surface area contributed by atoms with Gasteiger partial charge in [-0.3, -0.25) is 14.2 Å². The van der Waals surface area contributed by atoms with Crippen LogP contribution in [0.15, 0.2) is 6.33 Å². The number of carbonyl (C=O) groups is 2. The molecule has 0 aromatic carbocycles. The van der Waals surface area contributed by atoms with Gasteiger partial charge in [0, 0.05) is 13.8 Å². The van der Waals surface area contributed by atoms with Gasteiger partial charge in [-0.05, 0) is 6.92 Å². The number of esters is 2. The van der Waals surface area contributed by atoms with Gasteiger partial charge in [0.2, 0.25) is 0 Å². The number of nitrogens with zero attached hydrogens (tertiary/aromatic N) is 4. The van der Waals surface area contributed by atoms with Crippen molar-refractivity contribution in [2.45, 2.75) is 45.3 Å². The number of hydrogen-bond donors (Lipinski definition) is 1. The summed E-state index contributed by atoms with van der Waals surface area (Å²) < 4.78 is 31.2. The van der Waals surface area contributed by atoms with Crippen LogP contribution >= 0.6 is 0 Å². The average Bonchev–Trinajstić information content (AvgIpc) is 3.02. The summed E-state index contributed by atoms with van der Waals surface area (Å²) in [5.74, 6) is -1.27. The van der Waals surface area contributed by atoms with Gasteiger partial charge < -0.3 is 19.9 Å². The zero-order valence-electron chi connectivity index (χ0n) is 13.7. The van der Waals surface area contributed by atoms with Crippen LogP contribution in [0.1, 0.15) is 27.0 Å². The smallest absolute Gasteiger partial charge is 0.312 e. The number of anilines is 1. The van der Waals surface area contributed by atoms with E-state index in [1.807, 2.05) is 0 Å². The van der Waals surface area contributed by atoms with Crippen molar-refractivity contribution in [1.29, 1.82) is 0 Å². The van der Waals surface area contributed by atoms with Gasteiger partial charge in [0.05, 0.1) is 12.4 Å². The van der Waals surface area contributed by atoms with Crippen LogP contribution in [-0.4, -0.2) is 49.8 Å². The van der Waals surface area contributed by atoms with Gasteiger partial charge in [-0.1, -0.05) is 0 Å². The number of nitrogens with two attached hydrogens (primary N) is 1. The first kappa shape index (κ1) is 17.0. The predicted octanol–water partition coefficient (Wildman–Crippen LogP) is 0.328. The molecule has 1 saturated heterocycles. The Hall–Kier alpha value is -2.82. The molecule has 0 aliphatic carbocycles. The largest absolute Gasteiger partial charge is 0.456 e. The lowest BCUT2D eigenvalue weighted by atomic mass is 10.1. The van der Waals surface area contributed by atoms with Gasteiger partial charge >= 0.3 is 18.0 Å². The van der Waals surface area contributed by atoms with E-state index in [-0.39, 0.29) is 17.0 Å². The van der Waals surface area contributed by atoms with Crippen molar-refractivity contribution in [3.8, 4) is 0 Å². The number of aromatic nitrogens is 4. The summed E-state index contributed by atoms with van der Waals surface area (Å²) in [6, 6.07) is 0. The molecule has 2 N–H and O–H groups in total. The number of hydrogen-bond acceptors (Lipinski definition) is 9. The molecule has 0 spiro atoms. The maximum Gasteiger partial charge on any atom is 0.312 e. The highest BCUT2D eigenvalue weighted by Gasteiger charge is 2.48. The number of rotatable bonds is 3. The summed E-state index contributed by atoms with van der Waals surface area (Å²) >= 11 is 0. The van der Waals surface area contributed by atoms with Crippen LogP contribution in [0, 0.1) is 6.08 Å². The minimum Gasteiger partial charge on any atom is -0.456 e. The zero-order chi connectivity index (χ0) is 18.3. The van der Waals surface area contributed by atoms with Gasteiger partial charge in [-0.25, -0.2) is 4.98 Å². The molecular weight excluding hydrogens is 337 g/mol. The molecule has 3 rings (SSSR count). The van der Waals surface area contributed by atoms with E-state index in [0.717, 1.165) is 0 Å². The van der Waals surface area contributed by atoms with E-state index >= 15 is 0 Å². The number of ether oxygens (including phenoxy) is 3. The summed E-state index contributed by atoms with van der Waals surface area (Å²) in [5.41, 5.74) is 5.89. The summed E-state index contributed by atoms with van der Waals surface area (Å²) in [5, 5.41) is 0. The Kier molecular flexibility index (Phi) is 4.25. The van der Waals surface area contributed by atoms with Crippen LogP contribution in [0.3, 0.4) is 0 Å². The van der Waals surface area contributed by atoms with Crippen molar-refractivity contribution in [2.75, 3.05) is 5.73 Å². The zero-order valence-corrected chi connectivity index (χ0v) is 13.7. The molecule has 0 radical (unpaired) electrons. The quantitative estimate of drug-likeness (QED) is 0.612. The third-order valence-corrected chi connectivity index (χ3v) is 3.72. The normalized spacial score (nSPS) is 25.9. The molecule has 0 amide bonds. The molecule has 1 aliphatic rings. The SMILES string of the molecule is CC(=O)O[C@@H]1[C@@H](C)OC(n2cnc3c(N)nc(F)nc32)[C@@H]1OC(C)=O. The van der Waals surface area contributed by atoms with Crippen molar-refractivity contribution < 1.29 is 28.2 Å². The van der Waals surface area contributed by atoms with E-state index in [9.17, 15) is 14.0 Å². The maximum absolute atomic E-state index is 13.5. The Morgan fingerprint density at radius 2 is 1.88 bits per heavy atom. The van der Waals surface area contributed by atoms with Crippen LogP contribution in [-0.2, 0) is 23.8 Å². The van der Waals surface area contributed by atoms with E-state index in [0.29, 0.717) is 0 Å². The van der Waals surface area contributed by atoms with E-state index in [2.05, 4.69) is 15.0 Å². The van der Waals surface area contributed by atoms with Crippen LogP contribution in [0.5, 0.6) is 0 Å². The Morgan fingerprint density at radius 1 is 1.24 bits per heavy atom. The Morgan fingerprint density at radius 3 is 2.52 bits per heavy atom. The molecule has 2 aromatic heterocycles. The third kappa shape index (κ3) is 3.09. The van der Waals surface area contributed by atoms with Crippen molar-refractivity contribution >= 4 is 28.9 Å². The standard InChI is InChI=1S/C14H16FN5O5/c1-5-9(24-6(2)21)10(25-7(3)22)13(23-5)20-4-17-8-11(16)18-14(15)19-12(8)20/h4-5,9-10,13H,1-3H3,(H2,16,18,19)/t5-,9-,10-,13?/m1/s1. The highest BCUT2D eigenvalue weighted by Crippen LogP contribution is 2.35. The van der Waals surface area contributed by atoms with Crippen molar-refractivity contribution in [3.63, 3.8) is 0 Å². The lowest BCUT2D eigenvalue weighted by Gasteiger charge is -2.23. The molecule has 11 heteroatoms. The fourth-order valence-electron chi connectivity index (χ4n) is 2.80. The summed E-state index contributed by atoms with van der Waals surface area (Å²) in [6.07, 6.45) is -3.03. The molecule has 0 bridgehead atoms. The molecule has 1 fully saturated rings. The molecule has 3 heterocycles. The molecule has 2 aromatic rings. The number of imidazole rings is 1. The van der Waals surface area contributed by atoms with Gasteiger partial charge in [-0.2, -0.15) is 14.4 Å². The monoisotopic (exact) mass is 353 g/mol. The number of halogens is 1. The number of fused-ring (bicyclic) bond motifs is 1. The molecule has 1 aliphatic heterocycles. The molecule has 25 heavy (non-hydrogen) atoms. The second-order valence-electron chi connectivity index (χ2n) is 5.58. The first-order valence-corrected chi connectivity index (χ1v) is 7.43. The van der Waals surface area contributed by atoms with Crippen LogP contribution < -0.4 is 5.73 Å². The van der Waals surface area contributed by atoms with Crippen LogP contribution in [0.25, 0.3) is 11.2 Å². The second-order valence-corrected chi connectivity index (χ2v) is 5.58. The second kappa shape index (κ2) is 6.24.